The van der Waals surface area contributed by atoms with Gasteiger partial charge in [0.25, 0.3) is 0 Å². The highest BCUT2D eigenvalue weighted by atomic mass is 16.4. The quantitative estimate of drug-likeness (QED) is 0.550. The van der Waals surface area contributed by atoms with Crippen LogP contribution in [0.25, 0.3) is 0 Å². The summed E-state index contributed by atoms with van der Waals surface area (Å²) in [5.41, 5.74) is -1.46. The van der Waals surface area contributed by atoms with Gasteiger partial charge in [0.15, 0.2) is 0 Å². The topological polar surface area (TPSA) is 110 Å². The first-order chi connectivity index (χ1) is 9.34. The fourth-order valence-electron chi connectivity index (χ4n) is 2.43. The van der Waals surface area contributed by atoms with E-state index in [0.717, 1.165) is 12.8 Å². The molecule has 0 aliphatic carbocycles. The van der Waals surface area contributed by atoms with Gasteiger partial charge in [-0.2, -0.15) is 0 Å². The second kappa shape index (κ2) is 7.44. The molecule has 1 aliphatic heterocycles. The number of rotatable bonds is 6. The van der Waals surface area contributed by atoms with Gasteiger partial charge in [-0.25, -0.2) is 4.79 Å². The summed E-state index contributed by atoms with van der Waals surface area (Å²) >= 11 is 0. The van der Waals surface area contributed by atoms with Crippen molar-refractivity contribution in [3.05, 3.63) is 0 Å². The minimum absolute atomic E-state index is 0.0979. The Hall–Kier alpha value is -1.34. The Bertz CT molecular complexity index is 344. The van der Waals surface area contributed by atoms with Gasteiger partial charge in [0.05, 0.1) is 12.0 Å². The van der Waals surface area contributed by atoms with Crippen LogP contribution >= 0.6 is 0 Å². The van der Waals surface area contributed by atoms with Crippen LogP contribution in [0.15, 0.2) is 0 Å². The Morgan fingerprint density at radius 3 is 2.75 bits per heavy atom. The van der Waals surface area contributed by atoms with Crippen LogP contribution in [-0.4, -0.2) is 64.1 Å². The predicted molar refractivity (Wildman–Crippen MR) is 72.3 cm³/mol. The molecule has 0 aromatic heterocycles. The van der Waals surface area contributed by atoms with Crippen LogP contribution < -0.4 is 5.32 Å². The minimum atomic E-state index is -1.46. The average Bonchev–Trinajstić information content (AvgIpc) is 2.35. The Morgan fingerprint density at radius 2 is 2.15 bits per heavy atom. The van der Waals surface area contributed by atoms with E-state index >= 15 is 0 Å². The fourth-order valence-corrected chi connectivity index (χ4v) is 2.43. The van der Waals surface area contributed by atoms with E-state index in [0.29, 0.717) is 25.4 Å². The summed E-state index contributed by atoms with van der Waals surface area (Å²) in [6, 6.07) is -0.293. The van der Waals surface area contributed by atoms with Gasteiger partial charge in [0, 0.05) is 26.2 Å². The molecule has 0 aromatic carbocycles. The number of piperidine rings is 1. The zero-order valence-corrected chi connectivity index (χ0v) is 11.8. The third-order valence-corrected chi connectivity index (χ3v) is 3.50. The van der Waals surface area contributed by atoms with Crippen LogP contribution in [-0.2, 0) is 4.79 Å². The maximum atomic E-state index is 12.0. The largest absolute Gasteiger partial charge is 0.481 e. The molecule has 1 fully saturated rings. The molecule has 4 N–H and O–H groups in total. The number of carboxylic acids is 1. The van der Waals surface area contributed by atoms with Crippen LogP contribution in [0.2, 0.25) is 0 Å². The molecule has 1 aliphatic rings. The second-order valence-corrected chi connectivity index (χ2v) is 5.69. The van der Waals surface area contributed by atoms with Gasteiger partial charge >= 0.3 is 12.0 Å². The van der Waals surface area contributed by atoms with Crippen molar-refractivity contribution in [2.75, 3.05) is 26.2 Å². The Kier molecular flexibility index (Phi) is 6.22. The number of aliphatic hydroxyl groups excluding tert-OH is 1. The summed E-state index contributed by atoms with van der Waals surface area (Å²) < 4.78 is 0. The molecule has 2 atom stereocenters. The Labute approximate surface area is 118 Å². The van der Waals surface area contributed by atoms with Crippen molar-refractivity contribution in [2.24, 2.45) is 5.92 Å². The van der Waals surface area contributed by atoms with E-state index in [1.165, 1.54) is 6.92 Å². The Morgan fingerprint density at radius 1 is 1.45 bits per heavy atom. The molecule has 0 spiro atoms. The van der Waals surface area contributed by atoms with E-state index in [4.69, 9.17) is 10.2 Å². The highest BCUT2D eigenvalue weighted by Gasteiger charge is 2.27. The molecule has 116 valence electrons. The van der Waals surface area contributed by atoms with E-state index in [2.05, 4.69) is 5.32 Å². The first kappa shape index (κ1) is 16.7. The number of hydrogen-bond donors (Lipinski definition) is 4. The molecule has 0 saturated carbocycles. The Balaban J connectivity index is 2.40. The normalized spacial score (nSPS) is 22.1. The number of amides is 2. The molecule has 0 aromatic rings. The molecule has 7 nitrogen and oxygen atoms in total. The standard InChI is InChI=1S/C13H24N2O5/c1-13(20,7-11(17)18)9-14-12(19)15-5-2-3-10(8-15)4-6-16/h10,16,20H,2-9H2,1H3,(H,14,19)(H,17,18). The molecule has 1 rings (SSSR count). The van der Waals surface area contributed by atoms with Gasteiger partial charge in [-0.05, 0) is 32.1 Å². The molecular weight excluding hydrogens is 264 g/mol. The number of likely N-dealkylation sites (tertiary alicyclic amines) is 1. The summed E-state index contributed by atoms with van der Waals surface area (Å²) in [6.45, 7) is 2.64. The number of aliphatic carboxylic acids is 1. The third-order valence-electron chi connectivity index (χ3n) is 3.50. The third kappa shape index (κ3) is 5.75. The van der Waals surface area contributed by atoms with Gasteiger partial charge in [-0.15, -0.1) is 0 Å². The van der Waals surface area contributed by atoms with E-state index in [1.807, 2.05) is 0 Å². The summed E-state index contributed by atoms with van der Waals surface area (Å²) in [5.74, 6) is -0.802. The number of aliphatic hydroxyl groups is 2. The van der Waals surface area contributed by atoms with E-state index < -0.39 is 18.0 Å². The van der Waals surface area contributed by atoms with Crippen LogP contribution in [0.4, 0.5) is 4.79 Å². The van der Waals surface area contributed by atoms with E-state index in [9.17, 15) is 14.7 Å². The fraction of sp³-hybridized carbons (Fsp3) is 0.846. The number of nitrogens with one attached hydrogen (secondary N) is 1. The number of carboxylic acid groups (broad SMARTS) is 1. The molecule has 7 heteroatoms. The zero-order valence-electron chi connectivity index (χ0n) is 11.8. The molecule has 0 radical (unpaired) electrons. The van der Waals surface area contributed by atoms with Crippen molar-refractivity contribution in [3.8, 4) is 0 Å². The highest BCUT2D eigenvalue weighted by molar-refractivity contribution is 5.74. The van der Waals surface area contributed by atoms with Crippen molar-refractivity contribution in [1.29, 1.82) is 0 Å². The van der Waals surface area contributed by atoms with Crippen LogP contribution in [0.1, 0.15) is 32.6 Å². The van der Waals surface area contributed by atoms with Crippen molar-refractivity contribution in [1.82, 2.24) is 10.2 Å². The molecule has 1 heterocycles. The molecular formula is C13H24N2O5. The molecule has 0 bridgehead atoms. The van der Waals surface area contributed by atoms with E-state index in [1.54, 1.807) is 4.90 Å². The second-order valence-electron chi connectivity index (χ2n) is 5.69. The number of carbonyl (C=O) groups excluding carboxylic acids is 1. The number of urea groups is 1. The number of carbonyl (C=O) groups is 2. The maximum Gasteiger partial charge on any atom is 0.317 e. The zero-order chi connectivity index (χ0) is 15.2. The number of hydrogen-bond acceptors (Lipinski definition) is 4. The van der Waals surface area contributed by atoms with Crippen LogP contribution in [0.3, 0.4) is 0 Å². The van der Waals surface area contributed by atoms with Crippen molar-refractivity contribution in [3.63, 3.8) is 0 Å². The lowest BCUT2D eigenvalue weighted by Gasteiger charge is -2.33. The lowest BCUT2D eigenvalue weighted by Crippen LogP contribution is -2.50. The highest BCUT2D eigenvalue weighted by Crippen LogP contribution is 2.19. The lowest BCUT2D eigenvalue weighted by atomic mass is 9.95. The van der Waals surface area contributed by atoms with Crippen molar-refractivity contribution < 1.29 is 24.9 Å². The minimum Gasteiger partial charge on any atom is -0.481 e. The predicted octanol–water partition coefficient (Wildman–Crippen LogP) is 0.0161. The maximum absolute atomic E-state index is 12.0. The van der Waals surface area contributed by atoms with Crippen molar-refractivity contribution in [2.45, 2.75) is 38.2 Å². The molecule has 2 unspecified atom stereocenters. The molecule has 2 amide bonds. The van der Waals surface area contributed by atoms with Crippen LogP contribution in [0, 0.1) is 5.92 Å². The van der Waals surface area contributed by atoms with Gasteiger partial charge in [-0.3, -0.25) is 4.79 Å². The van der Waals surface area contributed by atoms with Gasteiger partial charge in [-0.1, -0.05) is 0 Å². The van der Waals surface area contributed by atoms with Gasteiger partial charge < -0.3 is 25.5 Å². The monoisotopic (exact) mass is 288 g/mol. The van der Waals surface area contributed by atoms with Crippen molar-refractivity contribution >= 4 is 12.0 Å². The number of nitrogens with zero attached hydrogens (tertiary/aromatic N) is 1. The molecule has 1 saturated heterocycles. The van der Waals surface area contributed by atoms with Gasteiger partial charge in [0.1, 0.15) is 0 Å². The lowest BCUT2D eigenvalue weighted by molar-refractivity contribution is -0.141. The summed E-state index contributed by atoms with van der Waals surface area (Å²) in [7, 11) is 0. The smallest absolute Gasteiger partial charge is 0.317 e. The first-order valence-electron chi connectivity index (χ1n) is 6.92. The summed E-state index contributed by atoms with van der Waals surface area (Å²) in [5, 5.41) is 30.0. The average molecular weight is 288 g/mol. The summed E-state index contributed by atoms with van der Waals surface area (Å²) in [6.07, 6.45) is 2.16. The van der Waals surface area contributed by atoms with Gasteiger partial charge in [0.2, 0.25) is 0 Å². The van der Waals surface area contributed by atoms with E-state index in [-0.39, 0.29) is 19.2 Å². The first-order valence-corrected chi connectivity index (χ1v) is 6.92. The SMILES string of the molecule is CC(O)(CNC(=O)N1CCCC(CCO)C1)CC(=O)O. The van der Waals surface area contributed by atoms with Crippen LogP contribution in [0.5, 0.6) is 0 Å². The summed E-state index contributed by atoms with van der Waals surface area (Å²) in [4.78, 5) is 24.2. The molecule has 20 heavy (non-hydrogen) atoms.